The van der Waals surface area contributed by atoms with Gasteiger partial charge in [-0.25, -0.2) is 0 Å². The van der Waals surface area contributed by atoms with Gasteiger partial charge in [-0.05, 0) is 35.7 Å². The molecule has 2 aromatic carbocycles. The van der Waals surface area contributed by atoms with Gasteiger partial charge in [0.2, 0.25) is 5.91 Å². The Bertz CT molecular complexity index is 869. The Morgan fingerprint density at radius 3 is 2.13 bits per heavy atom. The number of fused-ring (bicyclic) bond motifs is 1. The first kappa shape index (κ1) is 20.7. The molecule has 0 spiro atoms. The highest BCUT2D eigenvalue weighted by Crippen LogP contribution is 2.20. The molecule has 0 aromatic heterocycles. The third-order valence-corrected chi connectivity index (χ3v) is 6.13. The van der Waals surface area contributed by atoms with Crippen LogP contribution in [-0.4, -0.2) is 78.9 Å². The molecule has 30 heavy (non-hydrogen) atoms. The number of benzene rings is 2. The van der Waals surface area contributed by atoms with Gasteiger partial charge in [-0.2, -0.15) is 0 Å². The monoisotopic (exact) mass is 409 g/mol. The van der Waals surface area contributed by atoms with Crippen molar-refractivity contribution in [3.63, 3.8) is 0 Å². The van der Waals surface area contributed by atoms with Crippen molar-refractivity contribution < 1.29 is 14.3 Å². The quantitative estimate of drug-likeness (QED) is 0.762. The molecule has 2 aliphatic rings. The molecular weight excluding hydrogens is 378 g/mol. The Labute approximate surface area is 178 Å². The summed E-state index contributed by atoms with van der Waals surface area (Å²) < 4.78 is 5.75. The summed E-state index contributed by atoms with van der Waals surface area (Å²) in [6.45, 7) is 5.07. The molecule has 0 saturated carbocycles. The second-order valence-electron chi connectivity index (χ2n) is 8.25. The molecule has 160 valence electrons. The van der Waals surface area contributed by atoms with Gasteiger partial charge in [0, 0.05) is 39.3 Å². The minimum absolute atomic E-state index is 0.00153. The zero-order valence-corrected chi connectivity index (χ0v) is 17.6. The lowest BCUT2D eigenvalue weighted by atomic mass is 10.1. The molecule has 2 fully saturated rings. The third kappa shape index (κ3) is 5.30. The summed E-state index contributed by atoms with van der Waals surface area (Å²) in [5.74, 6) is 0.946. The Hall–Kier alpha value is -2.60. The lowest BCUT2D eigenvalue weighted by Crippen LogP contribution is -2.52. The summed E-state index contributed by atoms with van der Waals surface area (Å²) in [6.07, 6.45) is 4.69. The third-order valence-electron chi connectivity index (χ3n) is 6.13. The molecule has 0 N–H and O–H groups in total. The van der Waals surface area contributed by atoms with Crippen molar-refractivity contribution in [2.75, 3.05) is 52.4 Å². The first-order valence-electron chi connectivity index (χ1n) is 11.1. The van der Waals surface area contributed by atoms with Crippen LogP contribution in [0.25, 0.3) is 10.8 Å². The van der Waals surface area contributed by atoms with E-state index in [0.29, 0.717) is 25.4 Å². The maximum absolute atomic E-state index is 12.6. The molecule has 0 atom stereocenters. The van der Waals surface area contributed by atoms with Crippen molar-refractivity contribution in [1.82, 2.24) is 14.7 Å². The fourth-order valence-corrected chi connectivity index (χ4v) is 4.26. The average Bonchev–Trinajstić information content (AvgIpc) is 3.07. The normalized spacial score (nSPS) is 18.3. The number of hydrogen-bond donors (Lipinski definition) is 0. The number of hydrogen-bond acceptors (Lipinski definition) is 4. The minimum Gasteiger partial charge on any atom is -0.484 e. The van der Waals surface area contributed by atoms with E-state index < -0.39 is 0 Å². The first-order chi connectivity index (χ1) is 14.7. The fourth-order valence-electron chi connectivity index (χ4n) is 4.26. The molecule has 2 amide bonds. The Balaban J connectivity index is 1.21. The van der Waals surface area contributed by atoms with Crippen LogP contribution in [0.5, 0.6) is 5.75 Å². The highest BCUT2D eigenvalue weighted by Gasteiger charge is 2.24. The molecular formula is C24H31N3O3. The van der Waals surface area contributed by atoms with Crippen LogP contribution in [0.4, 0.5) is 0 Å². The molecule has 0 aliphatic carbocycles. The molecule has 2 aliphatic heterocycles. The number of nitrogens with zero attached hydrogens (tertiary/aromatic N) is 3. The van der Waals surface area contributed by atoms with Gasteiger partial charge in [-0.3, -0.25) is 14.5 Å². The molecule has 0 unspecified atom stereocenters. The number of rotatable bonds is 5. The minimum atomic E-state index is 0.00153. The smallest absolute Gasteiger partial charge is 0.260 e. The lowest BCUT2D eigenvalue weighted by Gasteiger charge is -2.35. The van der Waals surface area contributed by atoms with Crippen LogP contribution in [0.1, 0.15) is 25.7 Å². The number of carbonyl (C=O) groups is 2. The summed E-state index contributed by atoms with van der Waals surface area (Å²) in [6, 6.07) is 14.0. The predicted molar refractivity (Wildman–Crippen MR) is 118 cm³/mol. The second kappa shape index (κ2) is 9.94. The van der Waals surface area contributed by atoms with E-state index in [4.69, 9.17) is 4.74 Å². The number of amides is 2. The van der Waals surface area contributed by atoms with Crippen LogP contribution in [0, 0.1) is 0 Å². The van der Waals surface area contributed by atoms with Gasteiger partial charge in [0.25, 0.3) is 5.91 Å². The van der Waals surface area contributed by atoms with E-state index in [9.17, 15) is 9.59 Å². The van der Waals surface area contributed by atoms with Crippen molar-refractivity contribution in [3.8, 4) is 5.75 Å². The van der Waals surface area contributed by atoms with Crippen molar-refractivity contribution in [2.24, 2.45) is 0 Å². The van der Waals surface area contributed by atoms with E-state index in [0.717, 1.165) is 49.8 Å². The largest absolute Gasteiger partial charge is 0.484 e. The van der Waals surface area contributed by atoms with Crippen LogP contribution < -0.4 is 4.74 Å². The summed E-state index contributed by atoms with van der Waals surface area (Å²) in [5, 5.41) is 2.26. The molecule has 4 rings (SSSR count). The van der Waals surface area contributed by atoms with Gasteiger partial charge < -0.3 is 14.5 Å². The molecule has 0 radical (unpaired) electrons. The molecule has 6 heteroatoms. The standard InChI is InChI=1S/C24H31N3O3/c28-23(26-11-5-1-2-6-12-26)18-25-13-15-27(16-14-25)24(29)19-30-22-10-9-20-7-3-4-8-21(20)17-22/h3-4,7-10,17H,1-2,5-6,11-16,18-19H2. The zero-order valence-electron chi connectivity index (χ0n) is 17.6. The zero-order chi connectivity index (χ0) is 20.8. The second-order valence-corrected chi connectivity index (χ2v) is 8.25. The van der Waals surface area contributed by atoms with Gasteiger partial charge in [0.15, 0.2) is 6.61 Å². The van der Waals surface area contributed by atoms with Crippen LogP contribution in [-0.2, 0) is 9.59 Å². The highest BCUT2D eigenvalue weighted by molar-refractivity contribution is 5.84. The number of carbonyl (C=O) groups excluding carboxylic acids is 2. The first-order valence-corrected chi connectivity index (χ1v) is 11.1. The Kier molecular flexibility index (Phi) is 6.84. The molecule has 2 saturated heterocycles. The van der Waals surface area contributed by atoms with E-state index in [-0.39, 0.29) is 18.4 Å². The predicted octanol–water partition coefficient (Wildman–Crippen LogP) is 2.77. The van der Waals surface area contributed by atoms with Crippen LogP contribution in [0.3, 0.4) is 0 Å². The van der Waals surface area contributed by atoms with Crippen LogP contribution >= 0.6 is 0 Å². The maximum atomic E-state index is 12.6. The average molecular weight is 410 g/mol. The van der Waals surface area contributed by atoms with Gasteiger partial charge in [0.1, 0.15) is 5.75 Å². The van der Waals surface area contributed by atoms with Gasteiger partial charge >= 0.3 is 0 Å². The van der Waals surface area contributed by atoms with Crippen molar-refractivity contribution >= 4 is 22.6 Å². The topological polar surface area (TPSA) is 53.1 Å². The number of ether oxygens (including phenoxy) is 1. The number of likely N-dealkylation sites (tertiary alicyclic amines) is 1. The Morgan fingerprint density at radius 1 is 0.733 bits per heavy atom. The number of piperazine rings is 1. The van der Waals surface area contributed by atoms with Gasteiger partial charge in [-0.1, -0.05) is 43.2 Å². The molecule has 2 aromatic rings. The highest BCUT2D eigenvalue weighted by atomic mass is 16.5. The molecule has 0 bridgehead atoms. The van der Waals surface area contributed by atoms with E-state index >= 15 is 0 Å². The fraction of sp³-hybridized carbons (Fsp3) is 0.500. The maximum Gasteiger partial charge on any atom is 0.260 e. The van der Waals surface area contributed by atoms with E-state index in [1.54, 1.807) is 0 Å². The van der Waals surface area contributed by atoms with Crippen molar-refractivity contribution in [1.29, 1.82) is 0 Å². The van der Waals surface area contributed by atoms with Crippen molar-refractivity contribution in [2.45, 2.75) is 25.7 Å². The molecule has 2 heterocycles. The summed E-state index contributed by atoms with van der Waals surface area (Å²) in [5.41, 5.74) is 0. The van der Waals surface area contributed by atoms with Gasteiger partial charge in [0.05, 0.1) is 6.54 Å². The lowest BCUT2D eigenvalue weighted by molar-refractivity contribution is -0.136. The van der Waals surface area contributed by atoms with E-state index in [1.165, 1.54) is 12.8 Å². The summed E-state index contributed by atoms with van der Waals surface area (Å²) in [7, 11) is 0. The van der Waals surface area contributed by atoms with Crippen LogP contribution in [0.2, 0.25) is 0 Å². The van der Waals surface area contributed by atoms with Crippen LogP contribution in [0.15, 0.2) is 42.5 Å². The SMILES string of the molecule is O=C(COc1ccc2ccccc2c1)N1CCN(CC(=O)N2CCCCCC2)CC1. The summed E-state index contributed by atoms with van der Waals surface area (Å²) >= 11 is 0. The summed E-state index contributed by atoms with van der Waals surface area (Å²) in [4.78, 5) is 31.2. The van der Waals surface area contributed by atoms with Crippen molar-refractivity contribution in [3.05, 3.63) is 42.5 Å². The van der Waals surface area contributed by atoms with E-state index in [1.807, 2.05) is 46.2 Å². The van der Waals surface area contributed by atoms with Gasteiger partial charge in [-0.15, -0.1) is 0 Å². The Morgan fingerprint density at radius 2 is 1.40 bits per heavy atom. The molecule has 6 nitrogen and oxygen atoms in total. The van der Waals surface area contributed by atoms with E-state index in [2.05, 4.69) is 11.0 Å².